The molecular formula is C16H23N3O2. The monoisotopic (exact) mass is 289 g/mol. The molecular weight excluding hydrogens is 266 g/mol. The van der Waals surface area contributed by atoms with Crippen LogP contribution in [0.2, 0.25) is 0 Å². The van der Waals surface area contributed by atoms with Gasteiger partial charge in [0.15, 0.2) is 0 Å². The zero-order valence-corrected chi connectivity index (χ0v) is 12.8. The molecule has 2 amide bonds. The predicted molar refractivity (Wildman–Crippen MR) is 80.3 cm³/mol. The Kier molecular flexibility index (Phi) is 5.31. The van der Waals surface area contributed by atoms with Crippen LogP contribution in [0.15, 0.2) is 24.5 Å². The minimum absolute atomic E-state index is 0.0470. The Bertz CT molecular complexity index is 490. The highest BCUT2D eigenvalue weighted by molar-refractivity contribution is 5.83. The number of hydrogen-bond donors (Lipinski definition) is 0. The molecule has 1 unspecified atom stereocenters. The van der Waals surface area contributed by atoms with E-state index in [9.17, 15) is 9.59 Å². The third kappa shape index (κ3) is 4.55. The Morgan fingerprint density at radius 3 is 2.71 bits per heavy atom. The van der Waals surface area contributed by atoms with Crippen LogP contribution in [0.3, 0.4) is 0 Å². The molecule has 0 aliphatic carbocycles. The number of hydrogen-bond acceptors (Lipinski definition) is 3. The van der Waals surface area contributed by atoms with Crippen molar-refractivity contribution in [1.82, 2.24) is 14.8 Å². The first-order chi connectivity index (χ1) is 10.1. The number of carbonyl (C=O) groups excluding carboxylic acids is 2. The number of aromatic nitrogens is 1. The zero-order valence-electron chi connectivity index (χ0n) is 12.8. The zero-order chi connectivity index (χ0) is 15.2. The van der Waals surface area contributed by atoms with Gasteiger partial charge in [-0.3, -0.25) is 14.6 Å². The highest BCUT2D eigenvalue weighted by atomic mass is 16.2. The Morgan fingerprint density at radius 1 is 1.38 bits per heavy atom. The molecule has 1 fully saturated rings. The smallest absolute Gasteiger partial charge is 0.242 e. The Hall–Kier alpha value is -1.91. The van der Waals surface area contributed by atoms with Crippen molar-refractivity contribution < 1.29 is 9.59 Å². The van der Waals surface area contributed by atoms with E-state index in [1.807, 2.05) is 17.0 Å². The Labute approximate surface area is 126 Å². The summed E-state index contributed by atoms with van der Waals surface area (Å²) >= 11 is 0. The fraction of sp³-hybridized carbons (Fsp3) is 0.562. The lowest BCUT2D eigenvalue weighted by molar-refractivity contribution is -0.140. The maximum absolute atomic E-state index is 12.4. The number of amides is 2. The van der Waals surface area contributed by atoms with Crippen molar-refractivity contribution in [2.45, 2.75) is 33.2 Å². The molecule has 1 aromatic rings. The summed E-state index contributed by atoms with van der Waals surface area (Å²) in [6.45, 7) is 5.90. The average Bonchev–Trinajstić information content (AvgIpc) is 2.47. The first kappa shape index (κ1) is 15.5. The third-order valence-electron chi connectivity index (χ3n) is 3.90. The van der Waals surface area contributed by atoms with Crippen LogP contribution < -0.4 is 0 Å². The van der Waals surface area contributed by atoms with Crippen molar-refractivity contribution in [3.05, 3.63) is 30.1 Å². The van der Waals surface area contributed by atoms with Crippen LogP contribution in [0.4, 0.5) is 0 Å². The molecule has 5 nitrogen and oxygen atoms in total. The SMILES string of the molecule is CC(=O)N(CC(=O)N1CCCC(C)C1)Cc1ccncc1. The van der Waals surface area contributed by atoms with E-state index in [4.69, 9.17) is 0 Å². The van der Waals surface area contributed by atoms with Crippen LogP contribution >= 0.6 is 0 Å². The summed E-state index contributed by atoms with van der Waals surface area (Å²) in [5, 5.41) is 0. The number of piperidine rings is 1. The summed E-state index contributed by atoms with van der Waals surface area (Å²) in [4.78, 5) is 31.6. The summed E-state index contributed by atoms with van der Waals surface area (Å²) < 4.78 is 0. The van der Waals surface area contributed by atoms with Crippen LogP contribution in [-0.2, 0) is 16.1 Å². The van der Waals surface area contributed by atoms with Crippen molar-refractivity contribution in [1.29, 1.82) is 0 Å². The van der Waals surface area contributed by atoms with Gasteiger partial charge >= 0.3 is 0 Å². The fourth-order valence-corrected chi connectivity index (χ4v) is 2.67. The van der Waals surface area contributed by atoms with Gasteiger partial charge in [0.2, 0.25) is 11.8 Å². The van der Waals surface area contributed by atoms with E-state index in [1.165, 1.54) is 13.3 Å². The minimum Gasteiger partial charge on any atom is -0.341 e. The molecule has 1 aromatic heterocycles. The molecule has 1 aliphatic rings. The number of likely N-dealkylation sites (tertiary alicyclic amines) is 1. The number of nitrogens with zero attached hydrogens (tertiary/aromatic N) is 3. The molecule has 1 atom stereocenters. The summed E-state index contributed by atoms with van der Waals surface area (Å²) in [6, 6.07) is 3.73. The third-order valence-corrected chi connectivity index (χ3v) is 3.90. The van der Waals surface area contributed by atoms with E-state index in [2.05, 4.69) is 11.9 Å². The van der Waals surface area contributed by atoms with Crippen molar-refractivity contribution in [3.8, 4) is 0 Å². The quantitative estimate of drug-likeness (QED) is 0.847. The second-order valence-corrected chi connectivity index (χ2v) is 5.82. The molecule has 114 valence electrons. The molecule has 1 aliphatic heterocycles. The molecule has 1 saturated heterocycles. The van der Waals surface area contributed by atoms with E-state index in [1.54, 1.807) is 17.3 Å². The molecule has 5 heteroatoms. The molecule has 0 spiro atoms. The Balaban J connectivity index is 1.96. The molecule has 0 N–H and O–H groups in total. The minimum atomic E-state index is -0.0785. The van der Waals surface area contributed by atoms with Gasteiger partial charge in [0, 0.05) is 39.0 Å². The number of pyridine rings is 1. The second kappa shape index (κ2) is 7.20. The normalized spacial score (nSPS) is 18.4. The largest absolute Gasteiger partial charge is 0.341 e. The van der Waals surface area contributed by atoms with Gasteiger partial charge in [-0.15, -0.1) is 0 Å². The predicted octanol–water partition coefficient (Wildman–Crippen LogP) is 1.69. The highest BCUT2D eigenvalue weighted by Gasteiger charge is 2.23. The summed E-state index contributed by atoms with van der Waals surface area (Å²) in [6.07, 6.45) is 5.62. The fourth-order valence-electron chi connectivity index (χ4n) is 2.67. The number of carbonyl (C=O) groups is 2. The van der Waals surface area contributed by atoms with E-state index in [-0.39, 0.29) is 18.4 Å². The summed E-state index contributed by atoms with van der Waals surface area (Å²) in [5.74, 6) is 0.518. The van der Waals surface area contributed by atoms with Gasteiger partial charge in [-0.1, -0.05) is 6.92 Å². The van der Waals surface area contributed by atoms with Crippen LogP contribution in [0.1, 0.15) is 32.3 Å². The summed E-state index contributed by atoms with van der Waals surface area (Å²) in [5.41, 5.74) is 0.986. The van der Waals surface area contributed by atoms with Crippen molar-refractivity contribution >= 4 is 11.8 Å². The van der Waals surface area contributed by atoms with E-state index in [0.717, 1.165) is 25.1 Å². The first-order valence-corrected chi connectivity index (χ1v) is 7.48. The summed E-state index contributed by atoms with van der Waals surface area (Å²) in [7, 11) is 0. The first-order valence-electron chi connectivity index (χ1n) is 7.48. The molecule has 0 bridgehead atoms. The lowest BCUT2D eigenvalue weighted by Crippen LogP contribution is -2.45. The van der Waals surface area contributed by atoms with Gasteiger partial charge in [0.25, 0.3) is 0 Å². The van der Waals surface area contributed by atoms with E-state index in [0.29, 0.717) is 12.5 Å². The van der Waals surface area contributed by atoms with E-state index >= 15 is 0 Å². The average molecular weight is 289 g/mol. The molecule has 2 heterocycles. The van der Waals surface area contributed by atoms with Crippen molar-refractivity contribution in [2.75, 3.05) is 19.6 Å². The molecule has 0 radical (unpaired) electrons. The van der Waals surface area contributed by atoms with E-state index < -0.39 is 0 Å². The van der Waals surface area contributed by atoms with Gasteiger partial charge in [0.05, 0.1) is 0 Å². The van der Waals surface area contributed by atoms with Crippen LogP contribution in [0.5, 0.6) is 0 Å². The maximum Gasteiger partial charge on any atom is 0.242 e. The van der Waals surface area contributed by atoms with Gasteiger partial charge in [-0.25, -0.2) is 0 Å². The molecule has 21 heavy (non-hydrogen) atoms. The lowest BCUT2D eigenvalue weighted by atomic mass is 10.0. The number of rotatable bonds is 4. The Morgan fingerprint density at radius 2 is 2.10 bits per heavy atom. The molecule has 0 saturated carbocycles. The topological polar surface area (TPSA) is 53.5 Å². The maximum atomic E-state index is 12.4. The van der Waals surface area contributed by atoms with Gasteiger partial charge in [0.1, 0.15) is 6.54 Å². The van der Waals surface area contributed by atoms with Crippen LogP contribution in [0, 0.1) is 5.92 Å². The van der Waals surface area contributed by atoms with Gasteiger partial charge in [-0.05, 0) is 36.5 Å². The highest BCUT2D eigenvalue weighted by Crippen LogP contribution is 2.16. The van der Waals surface area contributed by atoms with Crippen molar-refractivity contribution in [2.24, 2.45) is 5.92 Å². The lowest BCUT2D eigenvalue weighted by Gasteiger charge is -2.32. The molecule has 2 rings (SSSR count). The van der Waals surface area contributed by atoms with Crippen LogP contribution in [-0.4, -0.2) is 46.2 Å². The second-order valence-electron chi connectivity index (χ2n) is 5.82. The van der Waals surface area contributed by atoms with Gasteiger partial charge < -0.3 is 9.80 Å². The molecule has 0 aromatic carbocycles. The van der Waals surface area contributed by atoms with Crippen LogP contribution in [0.25, 0.3) is 0 Å². The van der Waals surface area contributed by atoms with Crippen molar-refractivity contribution in [3.63, 3.8) is 0 Å². The van der Waals surface area contributed by atoms with Gasteiger partial charge in [-0.2, -0.15) is 0 Å². The standard InChI is InChI=1S/C16H23N3O2/c1-13-4-3-9-18(10-13)16(21)12-19(14(2)20)11-15-5-7-17-8-6-15/h5-8,13H,3-4,9-12H2,1-2H3.